The van der Waals surface area contributed by atoms with Gasteiger partial charge in [0.2, 0.25) is 10.0 Å². The Labute approximate surface area is 128 Å². The highest BCUT2D eigenvalue weighted by molar-refractivity contribution is 7.88. The molecule has 2 heterocycles. The van der Waals surface area contributed by atoms with Crippen LogP contribution in [0.5, 0.6) is 0 Å². The van der Waals surface area contributed by atoms with Crippen molar-refractivity contribution >= 4 is 10.0 Å². The molecule has 21 heavy (non-hydrogen) atoms. The smallest absolute Gasteiger partial charge is 0.211 e. The monoisotopic (exact) mass is 313 g/mol. The van der Waals surface area contributed by atoms with E-state index in [4.69, 9.17) is 5.10 Å². The molecule has 120 valence electrons. The number of hydrogen-bond acceptors (Lipinski definition) is 3. The molecule has 0 saturated carbocycles. The first-order valence-electron chi connectivity index (χ1n) is 7.74. The first kappa shape index (κ1) is 16.5. The molecule has 0 radical (unpaired) electrons. The summed E-state index contributed by atoms with van der Waals surface area (Å²) >= 11 is 0. The van der Waals surface area contributed by atoms with Crippen molar-refractivity contribution in [3.63, 3.8) is 0 Å². The number of nitrogens with zero attached hydrogens (tertiary/aromatic N) is 3. The molecule has 6 heteroatoms. The second-order valence-corrected chi connectivity index (χ2v) is 8.63. The highest BCUT2D eigenvalue weighted by atomic mass is 32.2. The molecule has 1 saturated heterocycles. The van der Waals surface area contributed by atoms with Gasteiger partial charge in [-0.15, -0.1) is 0 Å². The second-order valence-electron chi connectivity index (χ2n) is 6.65. The van der Waals surface area contributed by atoms with E-state index in [0.717, 1.165) is 12.8 Å². The van der Waals surface area contributed by atoms with E-state index < -0.39 is 10.0 Å². The van der Waals surface area contributed by atoms with Crippen molar-refractivity contribution in [3.8, 4) is 0 Å². The molecule has 0 N–H and O–H groups in total. The largest absolute Gasteiger partial charge is 0.269 e. The highest BCUT2D eigenvalue weighted by Gasteiger charge is 2.27. The van der Waals surface area contributed by atoms with Gasteiger partial charge in [-0.1, -0.05) is 27.7 Å². The number of sulfonamides is 1. The molecule has 0 spiro atoms. The van der Waals surface area contributed by atoms with Crippen molar-refractivity contribution in [3.05, 3.63) is 17.5 Å². The zero-order chi connectivity index (χ0) is 15.8. The van der Waals surface area contributed by atoms with Crippen LogP contribution in [0.15, 0.2) is 6.20 Å². The van der Waals surface area contributed by atoms with Crippen molar-refractivity contribution in [2.45, 2.75) is 58.4 Å². The minimum absolute atomic E-state index is 0.313. The number of rotatable bonds is 4. The summed E-state index contributed by atoms with van der Waals surface area (Å²) in [5, 5.41) is 4.79. The van der Waals surface area contributed by atoms with E-state index in [2.05, 4.69) is 38.6 Å². The van der Waals surface area contributed by atoms with Gasteiger partial charge in [-0.3, -0.25) is 4.68 Å². The predicted molar refractivity (Wildman–Crippen MR) is 85.1 cm³/mol. The van der Waals surface area contributed by atoms with Gasteiger partial charge >= 0.3 is 0 Å². The van der Waals surface area contributed by atoms with Crippen molar-refractivity contribution < 1.29 is 8.42 Å². The summed E-state index contributed by atoms with van der Waals surface area (Å²) in [7, 11) is -3.06. The average Bonchev–Trinajstić information content (AvgIpc) is 2.83. The molecule has 0 unspecified atom stereocenters. The summed E-state index contributed by atoms with van der Waals surface area (Å²) in [6, 6.07) is 0.313. The van der Waals surface area contributed by atoms with Crippen LogP contribution in [0.1, 0.15) is 69.7 Å². The molecule has 1 fully saturated rings. The van der Waals surface area contributed by atoms with Crippen LogP contribution in [0.25, 0.3) is 0 Å². The topological polar surface area (TPSA) is 55.2 Å². The lowest BCUT2D eigenvalue weighted by Crippen LogP contribution is -2.38. The predicted octanol–water partition coefficient (Wildman–Crippen LogP) is 2.73. The Hall–Kier alpha value is -0.880. The summed E-state index contributed by atoms with van der Waals surface area (Å²) in [4.78, 5) is 0. The van der Waals surface area contributed by atoms with Crippen molar-refractivity contribution in [2.75, 3.05) is 19.3 Å². The SMILES string of the molecule is CC(C)c1cn(C2CCN(S(C)(=O)=O)CC2)nc1C(C)C. The van der Waals surface area contributed by atoms with E-state index in [1.165, 1.54) is 17.5 Å². The Morgan fingerprint density at radius 1 is 1.14 bits per heavy atom. The van der Waals surface area contributed by atoms with Crippen molar-refractivity contribution in [1.82, 2.24) is 14.1 Å². The van der Waals surface area contributed by atoms with Crippen molar-refractivity contribution in [2.24, 2.45) is 0 Å². The minimum atomic E-state index is -3.06. The van der Waals surface area contributed by atoms with Crippen LogP contribution < -0.4 is 0 Å². The molecule has 1 aliphatic rings. The Morgan fingerprint density at radius 2 is 1.71 bits per heavy atom. The highest BCUT2D eigenvalue weighted by Crippen LogP contribution is 2.29. The zero-order valence-electron chi connectivity index (χ0n) is 13.7. The van der Waals surface area contributed by atoms with Crippen LogP contribution in [-0.2, 0) is 10.0 Å². The molecule has 1 aromatic rings. The molecule has 1 aromatic heterocycles. The van der Waals surface area contributed by atoms with E-state index in [1.54, 1.807) is 4.31 Å². The van der Waals surface area contributed by atoms with Gasteiger partial charge in [0.1, 0.15) is 0 Å². The van der Waals surface area contributed by atoms with Crippen LogP contribution in [0, 0.1) is 0 Å². The van der Waals surface area contributed by atoms with Gasteiger partial charge < -0.3 is 0 Å². The van der Waals surface area contributed by atoms with Crippen LogP contribution in [-0.4, -0.2) is 41.8 Å². The van der Waals surface area contributed by atoms with Crippen LogP contribution in [0.2, 0.25) is 0 Å². The second kappa shape index (κ2) is 6.08. The molecule has 0 atom stereocenters. The maximum Gasteiger partial charge on any atom is 0.211 e. The van der Waals surface area contributed by atoms with Gasteiger partial charge in [-0.05, 0) is 30.2 Å². The zero-order valence-corrected chi connectivity index (χ0v) is 14.5. The Bertz CT molecular complexity index is 557. The molecule has 5 nitrogen and oxygen atoms in total. The molecule has 0 amide bonds. The van der Waals surface area contributed by atoms with Gasteiger partial charge in [0, 0.05) is 19.3 Å². The van der Waals surface area contributed by atoms with Gasteiger partial charge in [0.15, 0.2) is 0 Å². The fourth-order valence-electron chi connectivity index (χ4n) is 2.94. The van der Waals surface area contributed by atoms with E-state index >= 15 is 0 Å². The minimum Gasteiger partial charge on any atom is -0.269 e. The van der Waals surface area contributed by atoms with Crippen LogP contribution >= 0.6 is 0 Å². The summed E-state index contributed by atoms with van der Waals surface area (Å²) in [6.07, 6.45) is 5.13. The first-order valence-corrected chi connectivity index (χ1v) is 9.59. The third-order valence-corrected chi connectivity index (χ3v) is 5.53. The molecule has 0 aliphatic carbocycles. The maximum atomic E-state index is 11.6. The number of piperidine rings is 1. The first-order chi connectivity index (χ1) is 9.70. The quantitative estimate of drug-likeness (QED) is 0.859. The van der Waals surface area contributed by atoms with Gasteiger partial charge in [0.05, 0.1) is 18.0 Å². The number of hydrogen-bond donors (Lipinski definition) is 0. The van der Waals surface area contributed by atoms with Crippen molar-refractivity contribution in [1.29, 1.82) is 0 Å². The Morgan fingerprint density at radius 3 is 2.10 bits per heavy atom. The fourth-order valence-corrected chi connectivity index (χ4v) is 3.81. The van der Waals surface area contributed by atoms with E-state index in [9.17, 15) is 8.42 Å². The molecular weight excluding hydrogens is 286 g/mol. The fraction of sp³-hybridized carbons (Fsp3) is 0.800. The maximum absolute atomic E-state index is 11.6. The summed E-state index contributed by atoms with van der Waals surface area (Å²) in [6.45, 7) is 9.92. The number of aromatic nitrogens is 2. The standard InChI is InChI=1S/C15H27N3O2S/c1-11(2)14-10-18(16-15(14)12(3)4)13-6-8-17(9-7-13)21(5,19)20/h10-13H,6-9H2,1-5H3. The van der Waals surface area contributed by atoms with Gasteiger partial charge in [-0.2, -0.15) is 5.10 Å². The van der Waals surface area contributed by atoms with E-state index in [-0.39, 0.29) is 0 Å². The Balaban J connectivity index is 2.16. The average molecular weight is 313 g/mol. The lowest BCUT2D eigenvalue weighted by molar-refractivity contribution is 0.261. The lowest BCUT2D eigenvalue weighted by atomic mass is 9.98. The summed E-state index contributed by atoms with van der Waals surface area (Å²) in [5.74, 6) is 0.881. The molecule has 1 aliphatic heterocycles. The Kier molecular flexibility index (Phi) is 4.78. The third-order valence-electron chi connectivity index (χ3n) is 4.23. The third kappa shape index (κ3) is 3.66. The van der Waals surface area contributed by atoms with E-state index in [0.29, 0.717) is 31.0 Å². The summed E-state index contributed by atoms with van der Waals surface area (Å²) in [5.41, 5.74) is 2.49. The van der Waals surface area contributed by atoms with Crippen LogP contribution in [0.3, 0.4) is 0 Å². The van der Waals surface area contributed by atoms with Crippen LogP contribution in [0.4, 0.5) is 0 Å². The molecular formula is C15H27N3O2S. The van der Waals surface area contributed by atoms with Gasteiger partial charge in [-0.25, -0.2) is 12.7 Å². The molecule has 2 rings (SSSR count). The normalized spacial score (nSPS) is 18.8. The summed E-state index contributed by atoms with van der Waals surface area (Å²) < 4.78 is 26.8. The molecule has 0 bridgehead atoms. The van der Waals surface area contributed by atoms with Gasteiger partial charge in [0.25, 0.3) is 0 Å². The lowest BCUT2D eigenvalue weighted by Gasteiger charge is -2.30. The van der Waals surface area contributed by atoms with E-state index in [1.807, 2.05) is 0 Å². The molecule has 0 aromatic carbocycles.